The number of benzene rings is 2. The van der Waals surface area contributed by atoms with E-state index in [9.17, 15) is 15.2 Å². The Morgan fingerprint density at radius 1 is 1.14 bits per heavy atom. The number of nitro groups is 1. The van der Waals surface area contributed by atoms with E-state index in [-0.39, 0.29) is 29.2 Å². The molecule has 0 fully saturated rings. The Morgan fingerprint density at radius 3 is 2.55 bits per heavy atom. The smallest absolute Gasteiger partial charge is 0.273 e. The van der Waals surface area contributed by atoms with Crippen LogP contribution in [0.2, 0.25) is 0 Å². The summed E-state index contributed by atoms with van der Waals surface area (Å²) in [5, 5.41) is 20.5. The van der Waals surface area contributed by atoms with Crippen LogP contribution in [0.3, 0.4) is 0 Å². The van der Waals surface area contributed by atoms with Crippen LogP contribution in [-0.2, 0) is 0 Å². The molecule has 0 spiro atoms. The minimum atomic E-state index is -0.339. The van der Waals surface area contributed by atoms with Crippen LogP contribution in [0.15, 0.2) is 48.5 Å². The first-order chi connectivity index (χ1) is 10.7. The molecular weight excluding hydrogens is 282 g/mol. The molecule has 1 N–H and O–H groups in total. The van der Waals surface area contributed by atoms with Gasteiger partial charge in [0.05, 0.1) is 4.92 Å². The molecule has 2 aromatic rings. The third-order valence-electron chi connectivity index (χ3n) is 4.05. The van der Waals surface area contributed by atoms with Gasteiger partial charge < -0.3 is 9.84 Å². The van der Waals surface area contributed by atoms with Gasteiger partial charge in [-0.05, 0) is 12.5 Å². The Labute approximate surface area is 128 Å². The zero-order valence-corrected chi connectivity index (χ0v) is 12.0. The standard InChI is InChI=1S/C17H17NO4/c19-10-9-12-11-15(14-6-2-4-8-17(14)22-12)13-5-1-3-7-16(13)18(20)21/h1-8,12,15,19H,9-11H2/t12-,15-/m0/s1. The molecule has 0 radical (unpaired) electrons. The summed E-state index contributed by atoms with van der Waals surface area (Å²) in [6.07, 6.45) is 1.01. The molecule has 0 aromatic heterocycles. The fourth-order valence-corrected chi connectivity index (χ4v) is 3.06. The molecular formula is C17H17NO4. The second-order valence-corrected chi connectivity index (χ2v) is 5.39. The first-order valence-corrected chi connectivity index (χ1v) is 7.30. The lowest BCUT2D eigenvalue weighted by molar-refractivity contribution is -0.385. The molecule has 2 atom stereocenters. The number of para-hydroxylation sites is 2. The summed E-state index contributed by atoms with van der Waals surface area (Å²) in [5.41, 5.74) is 1.80. The Morgan fingerprint density at radius 2 is 1.82 bits per heavy atom. The monoisotopic (exact) mass is 299 g/mol. The van der Waals surface area contributed by atoms with E-state index in [4.69, 9.17) is 4.74 Å². The van der Waals surface area contributed by atoms with Crippen LogP contribution in [-0.4, -0.2) is 22.7 Å². The molecule has 0 unspecified atom stereocenters. The van der Waals surface area contributed by atoms with Gasteiger partial charge in [-0.2, -0.15) is 0 Å². The summed E-state index contributed by atoms with van der Waals surface area (Å²) < 4.78 is 5.89. The van der Waals surface area contributed by atoms with Crippen LogP contribution >= 0.6 is 0 Å². The topological polar surface area (TPSA) is 72.6 Å². The average molecular weight is 299 g/mol. The number of hydrogen-bond acceptors (Lipinski definition) is 4. The highest BCUT2D eigenvalue weighted by Gasteiger charge is 2.32. The number of fused-ring (bicyclic) bond motifs is 1. The largest absolute Gasteiger partial charge is 0.490 e. The van der Waals surface area contributed by atoms with E-state index in [0.29, 0.717) is 18.4 Å². The van der Waals surface area contributed by atoms with Gasteiger partial charge in [-0.25, -0.2) is 0 Å². The molecule has 1 aliphatic rings. The summed E-state index contributed by atoms with van der Waals surface area (Å²) in [5.74, 6) is 0.651. The van der Waals surface area contributed by atoms with Crippen molar-refractivity contribution in [1.82, 2.24) is 0 Å². The van der Waals surface area contributed by atoms with Gasteiger partial charge in [-0.15, -0.1) is 0 Å². The summed E-state index contributed by atoms with van der Waals surface area (Å²) >= 11 is 0. The van der Waals surface area contributed by atoms with E-state index in [1.807, 2.05) is 30.3 Å². The predicted octanol–water partition coefficient (Wildman–Crippen LogP) is 3.26. The van der Waals surface area contributed by atoms with Crippen molar-refractivity contribution >= 4 is 5.69 Å². The van der Waals surface area contributed by atoms with Gasteiger partial charge in [-0.3, -0.25) is 10.1 Å². The lowest BCUT2D eigenvalue weighted by Crippen LogP contribution is -2.27. The molecule has 114 valence electrons. The number of hydrogen-bond donors (Lipinski definition) is 1. The fourth-order valence-electron chi connectivity index (χ4n) is 3.06. The second kappa shape index (κ2) is 6.15. The first kappa shape index (κ1) is 14.5. The molecule has 0 amide bonds. The van der Waals surface area contributed by atoms with E-state index >= 15 is 0 Å². The maximum Gasteiger partial charge on any atom is 0.273 e. The molecule has 22 heavy (non-hydrogen) atoms. The Hall–Kier alpha value is -2.40. The SMILES string of the molecule is O=[N+]([O-])c1ccccc1[C@@H]1C[C@H](CCO)Oc2ccccc21. The van der Waals surface area contributed by atoms with Crippen molar-refractivity contribution in [3.63, 3.8) is 0 Å². The third-order valence-corrected chi connectivity index (χ3v) is 4.05. The number of rotatable bonds is 4. The van der Waals surface area contributed by atoms with Gasteiger partial charge in [0.1, 0.15) is 11.9 Å². The molecule has 0 bridgehead atoms. The van der Waals surface area contributed by atoms with Gasteiger partial charge in [-0.1, -0.05) is 36.4 Å². The van der Waals surface area contributed by atoms with Crippen molar-refractivity contribution < 1.29 is 14.8 Å². The second-order valence-electron chi connectivity index (χ2n) is 5.39. The van der Waals surface area contributed by atoms with Gasteiger partial charge in [0, 0.05) is 36.1 Å². The van der Waals surface area contributed by atoms with Crippen molar-refractivity contribution in [2.45, 2.75) is 24.9 Å². The van der Waals surface area contributed by atoms with Crippen LogP contribution in [0.25, 0.3) is 0 Å². The van der Waals surface area contributed by atoms with Crippen molar-refractivity contribution in [3.05, 3.63) is 69.8 Å². The number of nitrogens with zero attached hydrogens (tertiary/aromatic N) is 1. The number of ether oxygens (including phenoxy) is 1. The van der Waals surface area contributed by atoms with Gasteiger partial charge in [0.2, 0.25) is 0 Å². The molecule has 0 saturated heterocycles. The Balaban J connectivity index is 2.07. The van der Waals surface area contributed by atoms with Gasteiger partial charge >= 0.3 is 0 Å². The van der Waals surface area contributed by atoms with E-state index in [1.165, 1.54) is 6.07 Å². The minimum Gasteiger partial charge on any atom is -0.490 e. The van der Waals surface area contributed by atoms with Gasteiger partial charge in [0.25, 0.3) is 5.69 Å². The third kappa shape index (κ3) is 2.67. The van der Waals surface area contributed by atoms with Crippen LogP contribution < -0.4 is 4.74 Å². The van der Waals surface area contributed by atoms with Crippen molar-refractivity contribution in [1.29, 1.82) is 0 Å². The molecule has 2 aromatic carbocycles. The highest BCUT2D eigenvalue weighted by Crippen LogP contribution is 2.43. The molecule has 3 rings (SSSR count). The molecule has 1 heterocycles. The first-order valence-electron chi connectivity index (χ1n) is 7.30. The quantitative estimate of drug-likeness (QED) is 0.694. The fraction of sp³-hybridized carbons (Fsp3) is 0.294. The molecule has 0 aliphatic carbocycles. The van der Waals surface area contributed by atoms with Crippen LogP contribution in [0.1, 0.15) is 29.9 Å². The van der Waals surface area contributed by atoms with E-state index < -0.39 is 0 Å². The van der Waals surface area contributed by atoms with Crippen LogP contribution in [0, 0.1) is 10.1 Å². The maximum atomic E-state index is 11.3. The van der Waals surface area contributed by atoms with Gasteiger partial charge in [0.15, 0.2) is 0 Å². The van der Waals surface area contributed by atoms with Crippen LogP contribution in [0.4, 0.5) is 5.69 Å². The summed E-state index contributed by atoms with van der Waals surface area (Å²) in [7, 11) is 0. The molecule has 5 nitrogen and oxygen atoms in total. The molecule has 5 heteroatoms. The van der Waals surface area contributed by atoms with E-state index in [1.54, 1.807) is 12.1 Å². The maximum absolute atomic E-state index is 11.3. The Kier molecular flexibility index (Phi) is 4.06. The average Bonchev–Trinajstić information content (AvgIpc) is 2.54. The zero-order chi connectivity index (χ0) is 15.5. The molecule has 0 saturated carbocycles. The normalized spacial score (nSPS) is 20.0. The summed E-state index contributed by atoms with van der Waals surface area (Å²) in [6.45, 7) is 0.0381. The summed E-state index contributed by atoms with van der Waals surface area (Å²) in [4.78, 5) is 11.0. The zero-order valence-electron chi connectivity index (χ0n) is 12.0. The lowest BCUT2D eigenvalue weighted by Gasteiger charge is -2.32. The van der Waals surface area contributed by atoms with Crippen molar-refractivity contribution in [2.75, 3.05) is 6.61 Å². The number of aliphatic hydroxyl groups is 1. The number of aliphatic hydroxyl groups excluding tert-OH is 1. The number of nitro benzene ring substituents is 1. The Bertz CT molecular complexity index is 686. The minimum absolute atomic E-state index is 0.0381. The van der Waals surface area contributed by atoms with E-state index in [0.717, 1.165) is 11.3 Å². The summed E-state index contributed by atoms with van der Waals surface area (Å²) in [6, 6.07) is 14.5. The highest BCUT2D eigenvalue weighted by molar-refractivity contribution is 5.51. The molecule has 1 aliphatic heterocycles. The lowest BCUT2D eigenvalue weighted by atomic mass is 9.83. The van der Waals surface area contributed by atoms with Crippen molar-refractivity contribution in [3.8, 4) is 5.75 Å². The van der Waals surface area contributed by atoms with Crippen LogP contribution in [0.5, 0.6) is 5.75 Å². The van der Waals surface area contributed by atoms with E-state index in [2.05, 4.69) is 0 Å². The highest BCUT2D eigenvalue weighted by atomic mass is 16.6. The van der Waals surface area contributed by atoms with Crippen molar-refractivity contribution in [2.24, 2.45) is 0 Å². The predicted molar refractivity (Wildman–Crippen MR) is 82.1 cm³/mol.